The molecule has 0 aliphatic heterocycles. The Bertz CT molecular complexity index is 745. The van der Waals surface area contributed by atoms with Crippen LogP contribution in [0.15, 0.2) is 30.3 Å². The number of ether oxygens (including phenoxy) is 1. The number of benzene rings is 1. The number of nitrogens with one attached hydrogen (secondary N) is 2. The molecule has 0 saturated heterocycles. The molecule has 2 rings (SSSR count). The summed E-state index contributed by atoms with van der Waals surface area (Å²) in [5.41, 5.74) is 1.47. The van der Waals surface area contributed by atoms with Gasteiger partial charge in [0, 0.05) is 4.88 Å². The van der Waals surface area contributed by atoms with Crippen LogP contribution in [0.4, 0.5) is 5.69 Å². The van der Waals surface area contributed by atoms with E-state index in [1.165, 1.54) is 11.3 Å². The van der Waals surface area contributed by atoms with Crippen LogP contribution in [0.5, 0.6) is 5.75 Å². The summed E-state index contributed by atoms with van der Waals surface area (Å²) in [7, 11) is 0. The fourth-order valence-electron chi connectivity index (χ4n) is 2.08. The highest BCUT2D eigenvalue weighted by Crippen LogP contribution is 2.27. The van der Waals surface area contributed by atoms with E-state index in [2.05, 4.69) is 10.6 Å². The second kappa shape index (κ2) is 8.17. The quantitative estimate of drug-likeness (QED) is 0.788. The minimum atomic E-state index is -0.741. The lowest BCUT2D eigenvalue weighted by Gasteiger charge is -2.14. The van der Waals surface area contributed by atoms with Crippen molar-refractivity contribution in [3.05, 3.63) is 45.1 Å². The van der Waals surface area contributed by atoms with Crippen molar-refractivity contribution in [1.29, 1.82) is 0 Å². The smallest absolute Gasteiger partial charge is 0.313 e. The highest BCUT2D eigenvalue weighted by atomic mass is 35.5. The van der Waals surface area contributed by atoms with Crippen LogP contribution in [-0.4, -0.2) is 18.4 Å². The average molecular weight is 367 g/mol. The van der Waals surface area contributed by atoms with Crippen molar-refractivity contribution >= 4 is 40.4 Å². The largest absolute Gasteiger partial charge is 0.492 e. The van der Waals surface area contributed by atoms with E-state index in [1.54, 1.807) is 19.1 Å². The Morgan fingerprint density at radius 1 is 1.25 bits per heavy atom. The molecular formula is C17H19ClN2O3S. The molecule has 1 aromatic heterocycles. The Kier molecular flexibility index (Phi) is 6.23. The SMILES string of the molecule is CCOc1cc(C)ccc1NC(=O)C(=O)NC(C)c1ccc(Cl)s1. The molecule has 128 valence electrons. The van der Waals surface area contributed by atoms with Gasteiger partial charge in [-0.2, -0.15) is 0 Å². The molecule has 24 heavy (non-hydrogen) atoms. The van der Waals surface area contributed by atoms with Crippen LogP contribution in [0.1, 0.15) is 30.3 Å². The molecule has 0 saturated carbocycles. The maximum atomic E-state index is 12.1. The van der Waals surface area contributed by atoms with Gasteiger partial charge in [0.25, 0.3) is 0 Å². The maximum absolute atomic E-state index is 12.1. The van der Waals surface area contributed by atoms with E-state index in [4.69, 9.17) is 16.3 Å². The van der Waals surface area contributed by atoms with Crippen LogP contribution in [0.3, 0.4) is 0 Å². The molecular weight excluding hydrogens is 348 g/mol. The minimum Gasteiger partial charge on any atom is -0.492 e. The Hall–Kier alpha value is -2.05. The van der Waals surface area contributed by atoms with E-state index in [0.717, 1.165) is 10.4 Å². The monoisotopic (exact) mass is 366 g/mol. The van der Waals surface area contributed by atoms with Crippen molar-refractivity contribution in [2.24, 2.45) is 0 Å². The Morgan fingerprint density at radius 2 is 2.00 bits per heavy atom. The van der Waals surface area contributed by atoms with Crippen LogP contribution >= 0.6 is 22.9 Å². The summed E-state index contributed by atoms with van der Waals surface area (Å²) in [6, 6.07) is 8.65. The number of carbonyl (C=O) groups excluding carboxylic acids is 2. The van der Waals surface area contributed by atoms with Crippen molar-refractivity contribution in [1.82, 2.24) is 5.32 Å². The van der Waals surface area contributed by atoms with E-state index in [1.807, 2.05) is 32.0 Å². The van der Waals surface area contributed by atoms with Gasteiger partial charge < -0.3 is 15.4 Å². The molecule has 2 aromatic rings. The van der Waals surface area contributed by atoms with Gasteiger partial charge in [0.15, 0.2) is 0 Å². The van der Waals surface area contributed by atoms with Crippen LogP contribution in [0.2, 0.25) is 4.34 Å². The third-order valence-corrected chi connectivity index (χ3v) is 4.67. The van der Waals surface area contributed by atoms with Crippen molar-refractivity contribution < 1.29 is 14.3 Å². The molecule has 1 atom stereocenters. The molecule has 0 spiro atoms. The molecule has 0 aliphatic carbocycles. The lowest BCUT2D eigenvalue weighted by atomic mass is 10.2. The first-order valence-corrected chi connectivity index (χ1v) is 8.70. The molecule has 7 heteroatoms. The van der Waals surface area contributed by atoms with Gasteiger partial charge in [-0.25, -0.2) is 0 Å². The lowest BCUT2D eigenvalue weighted by Crippen LogP contribution is -2.36. The number of carbonyl (C=O) groups is 2. The lowest BCUT2D eigenvalue weighted by molar-refractivity contribution is -0.136. The van der Waals surface area contributed by atoms with Gasteiger partial charge in [0.05, 0.1) is 22.7 Å². The summed E-state index contributed by atoms with van der Waals surface area (Å²) in [6.07, 6.45) is 0. The highest BCUT2D eigenvalue weighted by Gasteiger charge is 2.19. The third kappa shape index (κ3) is 4.72. The zero-order valence-corrected chi connectivity index (χ0v) is 15.3. The third-order valence-electron chi connectivity index (χ3n) is 3.26. The molecule has 1 heterocycles. The van der Waals surface area contributed by atoms with Crippen molar-refractivity contribution in [3.63, 3.8) is 0 Å². The second-order valence-corrected chi connectivity index (χ2v) is 6.97. The van der Waals surface area contributed by atoms with Crippen LogP contribution in [-0.2, 0) is 9.59 Å². The molecule has 0 bridgehead atoms. The Labute approximate surface area is 150 Å². The van der Waals surface area contributed by atoms with E-state index in [0.29, 0.717) is 22.4 Å². The van der Waals surface area contributed by atoms with Crippen molar-refractivity contribution in [2.45, 2.75) is 26.8 Å². The number of anilines is 1. The molecule has 2 N–H and O–H groups in total. The topological polar surface area (TPSA) is 67.4 Å². The highest BCUT2D eigenvalue weighted by molar-refractivity contribution is 7.16. The second-order valence-electron chi connectivity index (χ2n) is 5.22. The summed E-state index contributed by atoms with van der Waals surface area (Å²) in [4.78, 5) is 25.1. The van der Waals surface area contributed by atoms with Gasteiger partial charge in [-0.15, -0.1) is 11.3 Å². The normalized spacial score (nSPS) is 11.7. The zero-order chi connectivity index (χ0) is 17.7. The first kappa shape index (κ1) is 18.3. The summed E-state index contributed by atoms with van der Waals surface area (Å²) < 4.78 is 6.13. The Balaban J connectivity index is 2.02. The van der Waals surface area contributed by atoms with Crippen molar-refractivity contribution in [3.8, 4) is 5.75 Å². The van der Waals surface area contributed by atoms with E-state index >= 15 is 0 Å². The average Bonchev–Trinajstić information content (AvgIpc) is 2.96. The first-order chi connectivity index (χ1) is 11.4. The van der Waals surface area contributed by atoms with E-state index in [9.17, 15) is 9.59 Å². The number of halogens is 1. The first-order valence-electron chi connectivity index (χ1n) is 7.51. The van der Waals surface area contributed by atoms with E-state index < -0.39 is 11.8 Å². The fourth-order valence-corrected chi connectivity index (χ4v) is 3.14. The molecule has 0 fully saturated rings. The molecule has 2 amide bonds. The van der Waals surface area contributed by atoms with Gasteiger partial charge in [-0.1, -0.05) is 17.7 Å². The van der Waals surface area contributed by atoms with Crippen LogP contribution < -0.4 is 15.4 Å². The van der Waals surface area contributed by atoms with Gasteiger partial charge in [0.1, 0.15) is 5.75 Å². The number of aryl methyl sites for hydroxylation is 1. The minimum absolute atomic E-state index is 0.301. The molecule has 0 aliphatic rings. The fraction of sp³-hybridized carbons (Fsp3) is 0.294. The van der Waals surface area contributed by atoms with Gasteiger partial charge in [-0.3, -0.25) is 9.59 Å². The summed E-state index contributed by atoms with van der Waals surface area (Å²) in [5.74, 6) is -0.916. The Morgan fingerprint density at radius 3 is 2.62 bits per heavy atom. The van der Waals surface area contributed by atoms with Crippen LogP contribution in [0, 0.1) is 6.92 Å². The molecule has 0 radical (unpaired) electrons. The zero-order valence-electron chi connectivity index (χ0n) is 13.7. The van der Waals surface area contributed by atoms with Crippen molar-refractivity contribution in [2.75, 3.05) is 11.9 Å². The summed E-state index contributed by atoms with van der Waals surface area (Å²) in [6.45, 7) is 6.04. The summed E-state index contributed by atoms with van der Waals surface area (Å²) >= 11 is 7.25. The van der Waals surface area contributed by atoms with Gasteiger partial charge in [-0.05, 0) is 50.6 Å². The van der Waals surface area contributed by atoms with E-state index in [-0.39, 0.29) is 6.04 Å². The number of hydrogen-bond acceptors (Lipinski definition) is 4. The molecule has 1 unspecified atom stereocenters. The number of hydrogen-bond donors (Lipinski definition) is 2. The number of amides is 2. The molecule has 1 aromatic carbocycles. The number of thiophene rings is 1. The maximum Gasteiger partial charge on any atom is 0.313 e. The van der Waals surface area contributed by atoms with Gasteiger partial charge >= 0.3 is 11.8 Å². The molecule has 5 nitrogen and oxygen atoms in total. The number of rotatable bonds is 5. The predicted molar refractivity (Wildman–Crippen MR) is 96.9 cm³/mol. The predicted octanol–water partition coefficient (Wildman–Crippen LogP) is 3.92. The van der Waals surface area contributed by atoms with Gasteiger partial charge in [0.2, 0.25) is 0 Å². The van der Waals surface area contributed by atoms with Crippen LogP contribution in [0.25, 0.3) is 0 Å². The standard InChI is InChI=1S/C17H19ClN2O3S/c1-4-23-13-9-10(2)5-6-12(13)20-17(22)16(21)19-11(3)14-7-8-15(18)24-14/h5-9,11H,4H2,1-3H3,(H,19,21)(H,20,22). The summed E-state index contributed by atoms with van der Waals surface area (Å²) in [5, 5.41) is 5.24.